The molecule has 1 atom stereocenters. The molecular formula is C16H18Br2S. The van der Waals surface area contributed by atoms with Crippen LogP contribution in [0, 0.1) is 5.92 Å². The first-order valence-electron chi connectivity index (χ1n) is 6.60. The Kier molecular flexibility index (Phi) is 6.11. The van der Waals surface area contributed by atoms with Crippen LogP contribution in [0.15, 0.2) is 40.9 Å². The van der Waals surface area contributed by atoms with E-state index in [-0.39, 0.29) is 0 Å². The van der Waals surface area contributed by atoms with Crippen LogP contribution in [0.25, 0.3) is 0 Å². The third-order valence-electron chi connectivity index (χ3n) is 3.24. The summed E-state index contributed by atoms with van der Waals surface area (Å²) in [5.41, 5.74) is 1.40. The molecule has 0 aliphatic rings. The molecule has 1 unspecified atom stereocenters. The maximum atomic E-state index is 3.67. The van der Waals surface area contributed by atoms with Gasteiger partial charge in [0.2, 0.25) is 0 Å². The van der Waals surface area contributed by atoms with Crippen molar-refractivity contribution in [3.63, 3.8) is 0 Å². The SMILES string of the molecule is CCc1ccc(CC(CBr)Cc2ccccc2Br)s1. The van der Waals surface area contributed by atoms with Crippen molar-refractivity contribution in [3.8, 4) is 0 Å². The largest absolute Gasteiger partial charge is 0.145 e. The summed E-state index contributed by atoms with van der Waals surface area (Å²) in [5.74, 6) is 0.655. The van der Waals surface area contributed by atoms with Gasteiger partial charge in [0.15, 0.2) is 0 Å². The molecule has 2 aromatic rings. The number of rotatable bonds is 6. The predicted octanol–water partition coefficient (Wildman–Crippen LogP) is 5.87. The topological polar surface area (TPSA) is 0 Å². The Morgan fingerprint density at radius 1 is 1.05 bits per heavy atom. The van der Waals surface area contributed by atoms with Crippen molar-refractivity contribution in [3.05, 3.63) is 56.2 Å². The van der Waals surface area contributed by atoms with Gasteiger partial charge in [0.25, 0.3) is 0 Å². The molecule has 19 heavy (non-hydrogen) atoms. The average molecular weight is 402 g/mol. The van der Waals surface area contributed by atoms with Crippen molar-refractivity contribution in [2.75, 3.05) is 5.33 Å². The van der Waals surface area contributed by atoms with E-state index in [4.69, 9.17) is 0 Å². The van der Waals surface area contributed by atoms with Gasteiger partial charge >= 0.3 is 0 Å². The fraction of sp³-hybridized carbons (Fsp3) is 0.375. The molecule has 2 rings (SSSR count). The van der Waals surface area contributed by atoms with Gasteiger partial charge in [0, 0.05) is 19.6 Å². The number of benzene rings is 1. The molecule has 1 heterocycles. The molecule has 0 saturated heterocycles. The Morgan fingerprint density at radius 2 is 1.79 bits per heavy atom. The van der Waals surface area contributed by atoms with Gasteiger partial charge in [-0.2, -0.15) is 0 Å². The number of alkyl halides is 1. The first kappa shape index (κ1) is 15.3. The van der Waals surface area contributed by atoms with Gasteiger partial charge in [-0.25, -0.2) is 0 Å². The van der Waals surface area contributed by atoms with E-state index in [0.29, 0.717) is 5.92 Å². The summed E-state index contributed by atoms with van der Waals surface area (Å²) in [6.07, 6.45) is 3.43. The van der Waals surface area contributed by atoms with Crippen LogP contribution in [-0.2, 0) is 19.3 Å². The van der Waals surface area contributed by atoms with Crippen LogP contribution in [-0.4, -0.2) is 5.33 Å². The summed E-state index contributed by atoms with van der Waals surface area (Å²) in [7, 11) is 0. The number of aryl methyl sites for hydroxylation is 1. The van der Waals surface area contributed by atoms with Crippen LogP contribution in [0.3, 0.4) is 0 Å². The smallest absolute Gasteiger partial charge is 0.0207 e. The lowest BCUT2D eigenvalue weighted by atomic mass is 9.97. The van der Waals surface area contributed by atoms with E-state index in [2.05, 4.69) is 75.2 Å². The monoisotopic (exact) mass is 400 g/mol. The van der Waals surface area contributed by atoms with E-state index in [9.17, 15) is 0 Å². The zero-order valence-electron chi connectivity index (χ0n) is 11.0. The molecule has 0 amide bonds. The maximum absolute atomic E-state index is 3.67. The van der Waals surface area contributed by atoms with Gasteiger partial charge in [0.05, 0.1) is 0 Å². The van der Waals surface area contributed by atoms with Gasteiger partial charge < -0.3 is 0 Å². The van der Waals surface area contributed by atoms with E-state index < -0.39 is 0 Å². The summed E-state index contributed by atoms with van der Waals surface area (Å²) < 4.78 is 1.22. The summed E-state index contributed by atoms with van der Waals surface area (Å²) in [5, 5.41) is 1.05. The Morgan fingerprint density at radius 3 is 2.42 bits per heavy atom. The van der Waals surface area contributed by atoms with E-state index in [0.717, 1.165) is 24.6 Å². The van der Waals surface area contributed by atoms with Crippen LogP contribution < -0.4 is 0 Å². The molecule has 0 N–H and O–H groups in total. The summed E-state index contributed by atoms with van der Waals surface area (Å²) in [6, 6.07) is 13.1. The van der Waals surface area contributed by atoms with Crippen LogP contribution in [0.4, 0.5) is 0 Å². The van der Waals surface area contributed by atoms with Gasteiger partial charge in [-0.3, -0.25) is 0 Å². The van der Waals surface area contributed by atoms with Gasteiger partial charge in [0.1, 0.15) is 0 Å². The van der Waals surface area contributed by atoms with Gasteiger partial charge in [-0.05, 0) is 48.9 Å². The molecule has 0 aliphatic heterocycles. The standard InChI is InChI=1S/C16H18Br2S/c1-2-14-7-8-15(19-14)10-12(11-17)9-13-5-3-4-6-16(13)18/h3-8,12H,2,9-11H2,1H3. The van der Waals surface area contributed by atoms with Crippen molar-refractivity contribution < 1.29 is 0 Å². The van der Waals surface area contributed by atoms with Crippen molar-refractivity contribution in [2.24, 2.45) is 5.92 Å². The van der Waals surface area contributed by atoms with Crippen LogP contribution in [0.1, 0.15) is 22.2 Å². The lowest BCUT2D eigenvalue weighted by molar-refractivity contribution is 0.595. The highest BCUT2D eigenvalue weighted by Gasteiger charge is 2.12. The Labute approximate surface area is 136 Å². The van der Waals surface area contributed by atoms with Crippen molar-refractivity contribution >= 4 is 43.2 Å². The van der Waals surface area contributed by atoms with E-state index in [1.165, 1.54) is 19.8 Å². The number of hydrogen-bond donors (Lipinski definition) is 0. The Hall–Kier alpha value is -0.120. The minimum absolute atomic E-state index is 0.655. The minimum Gasteiger partial charge on any atom is -0.145 e. The average Bonchev–Trinajstić information content (AvgIpc) is 2.88. The number of halogens is 2. The molecule has 0 spiro atoms. The summed E-state index contributed by atoms with van der Waals surface area (Å²) >= 11 is 9.27. The van der Waals surface area contributed by atoms with Gasteiger partial charge in [-0.1, -0.05) is 57.0 Å². The van der Waals surface area contributed by atoms with E-state index in [1.54, 1.807) is 0 Å². The number of hydrogen-bond acceptors (Lipinski definition) is 1. The van der Waals surface area contributed by atoms with E-state index >= 15 is 0 Å². The Bertz CT molecular complexity index is 519. The highest BCUT2D eigenvalue weighted by Crippen LogP contribution is 2.25. The minimum atomic E-state index is 0.655. The highest BCUT2D eigenvalue weighted by atomic mass is 79.9. The fourth-order valence-electron chi connectivity index (χ4n) is 2.16. The van der Waals surface area contributed by atoms with Crippen LogP contribution in [0.2, 0.25) is 0 Å². The zero-order chi connectivity index (χ0) is 13.7. The second kappa shape index (κ2) is 7.61. The maximum Gasteiger partial charge on any atom is 0.0207 e. The van der Waals surface area contributed by atoms with Gasteiger partial charge in [-0.15, -0.1) is 11.3 Å². The summed E-state index contributed by atoms with van der Waals surface area (Å²) in [6.45, 7) is 2.22. The van der Waals surface area contributed by atoms with Crippen molar-refractivity contribution in [2.45, 2.75) is 26.2 Å². The molecule has 3 heteroatoms. The summed E-state index contributed by atoms with van der Waals surface area (Å²) in [4.78, 5) is 3.00. The molecule has 0 nitrogen and oxygen atoms in total. The Balaban J connectivity index is 2.02. The quantitative estimate of drug-likeness (QED) is 0.531. The molecule has 0 saturated carbocycles. The molecule has 102 valence electrons. The second-order valence-electron chi connectivity index (χ2n) is 4.74. The molecule has 0 fully saturated rings. The van der Waals surface area contributed by atoms with Crippen LogP contribution in [0.5, 0.6) is 0 Å². The first-order chi connectivity index (χ1) is 9.22. The molecule has 1 aromatic heterocycles. The molecule has 0 aliphatic carbocycles. The third kappa shape index (κ3) is 4.44. The van der Waals surface area contributed by atoms with Crippen molar-refractivity contribution in [1.29, 1.82) is 0 Å². The molecule has 0 bridgehead atoms. The predicted molar refractivity (Wildman–Crippen MR) is 92.5 cm³/mol. The fourth-order valence-corrected chi connectivity index (χ4v) is 4.14. The number of thiophene rings is 1. The van der Waals surface area contributed by atoms with E-state index in [1.807, 2.05) is 11.3 Å². The second-order valence-corrected chi connectivity index (χ2v) is 7.50. The molecule has 0 radical (unpaired) electrons. The molecular weight excluding hydrogens is 384 g/mol. The normalized spacial score (nSPS) is 12.6. The molecule has 1 aromatic carbocycles. The zero-order valence-corrected chi connectivity index (χ0v) is 15.0. The lowest BCUT2D eigenvalue weighted by Crippen LogP contribution is -2.09. The first-order valence-corrected chi connectivity index (χ1v) is 9.33. The van der Waals surface area contributed by atoms with Crippen molar-refractivity contribution in [1.82, 2.24) is 0 Å². The van der Waals surface area contributed by atoms with Crippen LogP contribution >= 0.6 is 43.2 Å². The lowest BCUT2D eigenvalue weighted by Gasteiger charge is -2.14. The highest BCUT2D eigenvalue weighted by molar-refractivity contribution is 9.10. The third-order valence-corrected chi connectivity index (χ3v) is 6.18.